The van der Waals surface area contributed by atoms with E-state index in [1.807, 2.05) is 6.20 Å². The first kappa shape index (κ1) is 14.3. The molecular weight excluding hydrogens is 262 g/mol. The van der Waals surface area contributed by atoms with Crippen LogP contribution in [0.25, 0.3) is 0 Å². The number of nitrogens with zero attached hydrogens (tertiary/aromatic N) is 3. The van der Waals surface area contributed by atoms with Crippen LogP contribution in [0.4, 0.5) is 0 Å². The maximum Gasteiger partial charge on any atom is 0.106 e. The number of aryl methyl sites for hydroxylation is 3. The third kappa shape index (κ3) is 3.02. The van der Waals surface area contributed by atoms with Crippen LogP contribution in [0.1, 0.15) is 54.2 Å². The fraction of sp³-hybridized carbons (Fsp3) is 0.625. The van der Waals surface area contributed by atoms with Gasteiger partial charge in [0, 0.05) is 36.8 Å². The van der Waals surface area contributed by atoms with Gasteiger partial charge in [-0.2, -0.15) is 5.10 Å². The molecule has 2 aromatic heterocycles. The zero-order valence-electron chi connectivity index (χ0n) is 13.2. The van der Waals surface area contributed by atoms with Gasteiger partial charge in [0.2, 0.25) is 0 Å². The van der Waals surface area contributed by atoms with Crippen LogP contribution < -0.4 is 0 Å². The first-order valence-electron chi connectivity index (χ1n) is 7.94. The molecule has 1 unspecified atom stereocenters. The van der Waals surface area contributed by atoms with Gasteiger partial charge in [0.1, 0.15) is 5.82 Å². The summed E-state index contributed by atoms with van der Waals surface area (Å²) in [5.74, 6) is 1.67. The lowest BCUT2D eigenvalue weighted by molar-refractivity contribution is 0.196. The van der Waals surface area contributed by atoms with Crippen molar-refractivity contribution in [2.24, 2.45) is 0 Å². The van der Waals surface area contributed by atoms with Crippen LogP contribution in [0.5, 0.6) is 0 Å². The van der Waals surface area contributed by atoms with Gasteiger partial charge in [-0.3, -0.25) is 10.00 Å². The predicted octanol–water partition coefficient (Wildman–Crippen LogP) is 2.69. The van der Waals surface area contributed by atoms with Gasteiger partial charge in [0.25, 0.3) is 0 Å². The Labute approximate surface area is 126 Å². The molecule has 0 aromatic carbocycles. The van der Waals surface area contributed by atoms with E-state index in [9.17, 15) is 0 Å². The number of imidazole rings is 1. The van der Waals surface area contributed by atoms with Crippen molar-refractivity contribution in [3.8, 4) is 0 Å². The fourth-order valence-electron chi connectivity index (χ4n) is 3.30. The van der Waals surface area contributed by atoms with E-state index < -0.39 is 0 Å². The molecule has 0 aliphatic carbocycles. The molecule has 3 heterocycles. The maximum atomic E-state index is 4.71. The highest BCUT2D eigenvalue weighted by Gasteiger charge is 2.24. The maximum absolute atomic E-state index is 4.71. The Hall–Kier alpha value is -1.62. The molecule has 1 fully saturated rings. The Bertz CT molecular complexity index is 598. The smallest absolute Gasteiger partial charge is 0.106 e. The molecule has 114 valence electrons. The van der Waals surface area contributed by atoms with Crippen LogP contribution in [0.15, 0.2) is 6.20 Å². The van der Waals surface area contributed by atoms with Gasteiger partial charge in [-0.1, -0.05) is 6.92 Å². The molecule has 2 N–H and O–H groups in total. The van der Waals surface area contributed by atoms with E-state index in [1.54, 1.807) is 0 Å². The van der Waals surface area contributed by atoms with E-state index in [0.29, 0.717) is 5.92 Å². The number of piperidine rings is 1. The highest BCUT2D eigenvalue weighted by atomic mass is 15.2. The second-order valence-corrected chi connectivity index (χ2v) is 6.15. The topological polar surface area (TPSA) is 60.6 Å². The summed E-state index contributed by atoms with van der Waals surface area (Å²) in [6.45, 7) is 9.62. The highest BCUT2D eigenvalue weighted by molar-refractivity contribution is 5.20. The molecule has 5 nitrogen and oxygen atoms in total. The fourth-order valence-corrected chi connectivity index (χ4v) is 3.30. The van der Waals surface area contributed by atoms with E-state index >= 15 is 0 Å². The highest BCUT2D eigenvalue weighted by Crippen LogP contribution is 2.28. The summed E-state index contributed by atoms with van der Waals surface area (Å²) in [4.78, 5) is 10.6. The minimum atomic E-state index is 0.575. The molecule has 1 saturated heterocycles. The van der Waals surface area contributed by atoms with Crippen LogP contribution in [0.2, 0.25) is 0 Å². The molecule has 1 aliphatic heterocycles. The molecule has 3 rings (SSSR count). The Morgan fingerprint density at radius 1 is 1.38 bits per heavy atom. The second kappa shape index (κ2) is 6.02. The van der Waals surface area contributed by atoms with Gasteiger partial charge < -0.3 is 4.98 Å². The molecule has 0 spiro atoms. The summed E-state index contributed by atoms with van der Waals surface area (Å²) >= 11 is 0. The number of hydrogen-bond acceptors (Lipinski definition) is 3. The molecule has 0 radical (unpaired) electrons. The molecule has 2 aromatic rings. The number of nitrogens with one attached hydrogen (secondary N) is 2. The SMILES string of the molecule is CCc1nc(CN2CCCC(c3[nH]ncc3C)C2)c(C)[nH]1. The number of hydrogen-bond donors (Lipinski definition) is 2. The third-order valence-corrected chi connectivity index (χ3v) is 4.52. The number of rotatable bonds is 4. The molecule has 0 bridgehead atoms. The normalized spacial score (nSPS) is 20.0. The summed E-state index contributed by atoms with van der Waals surface area (Å²) in [6, 6.07) is 0. The van der Waals surface area contributed by atoms with Crippen LogP contribution in [-0.4, -0.2) is 38.2 Å². The van der Waals surface area contributed by atoms with Crippen molar-refractivity contribution in [2.45, 2.75) is 52.5 Å². The number of aromatic amines is 2. The lowest BCUT2D eigenvalue weighted by Crippen LogP contribution is -2.34. The van der Waals surface area contributed by atoms with Crippen LogP contribution in [-0.2, 0) is 13.0 Å². The van der Waals surface area contributed by atoms with Crippen molar-refractivity contribution in [2.75, 3.05) is 13.1 Å². The van der Waals surface area contributed by atoms with Crippen molar-refractivity contribution in [1.29, 1.82) is 0 Å². The summed E-state index contributed by atoms with van der Waals surface area (Å²) in [7, 11) is 0. The van der Waals surface area contributed by atoms with Gasteiger partial charge in [0.15, 0.2) is 0 Å². The lowest BCUT2D eigenvalue weighted by Gasteiger charge is -2.32. The second-order valence-electron chi connectivity index (χ2n) is 6.15. The summed E-state index contributed by atoms with van der Waals surface area (Å²) in [5.41, 5.74) is 5.01. The van der Waals surface area contributed by atoms with Crippen molar-refractivity contribution in [1.82, 2.24) is 25.1 Å². The van der Waals surface area contributed by atoms with Crippen molar-refractivity contribution < 1.29 is 0 Å². The van der Waals surface area contributed by atoms with Crippen molar-refractivity contribution in [3.05, 3.63) is 34.7 Å². The zero-order valence-corrected chi connectivity index (χ0v) is 13.2. The number of H-pyrrole nitrogens is 2. The van der Waals surface area contributed by atoms with Gasteiger partial charge in [-0.25, -0.2) is 4.98 Å². The summed E-state index contributed by atoms with van der Waals surface area (Å²) in [5, 5.41) is 7.36. The molecule has 0 amide bonds. The summed E-state index contributed by atoms with van der Waals surface area (Å²) in [6.07, 6.45) is 5.39. The van der Waals surface area contributed by atoms with Crippen LogP contribution >= 0.6 is 0 Å². The largest absolute Gasteiger partial charge is 0.346 e. The predicted molar refractivity (Wildman–Crippen MR) is 83.3 cm³/mol. The molecule has 5 heteroatoms. The molecule has 1 aliphatic rings. The average Bonchev–Trinajstić information content (AvgIpc) is 3.06. The Kier molecular flexibility index (Phi) is 4.10. The minimum absolute atomic E-state index is 0.575. The molecular formula is C16H25N5. The van der Waals surface area contributed by atoms with E-state index in [4.69, 9.17) is 4.98 Å². The first-order chi connectivity index (χ1) is 10.2. The monoisotopic (exact) mass is 287 g/mol. The Morgan fingerprint density at radius 3 is 2.90 bits per heavy atom. The number of likely N-dealkylation sites (tertiary alicyclic amines) is 1. The van der Waals surface area contributed by atoms with Crippen molar-refractivity contribution >= 4 is 0 Å². The first-order valence-corrected chi connectivity index (χ1v) is 7.94. The lowest BCUT2D eigenvalue weighted by atomic mass is 9.93. The minimum Gasteiger partial charge on any atom is -0.346 e. The van der Waals surface area contributed by atoms with E-state index in [2.05, 4.69) is 40.9 Å². The Balaban J connectivity index is 1.69. The molecule has 21 heavy (non-hydrogen) atoms. The quantitative estimate of drug-likeness (QED) is 0.909. The van der Waals surface area contributed by atoms with E-state index in [0.717, 1.165) is 31.9 Å². The van der Waals surface area contributed by atoms with Crippen LogP contribution in [0, 0.1) is 13.8 Å². The van der Waals surface area contributed by atoms with Crippen molar-refractivity contribution in [3.63, 3.8) is 0 Å². The van der Waals surface area contributed by atoms with Crippen LogP contribution in [0.3, 0.4) is 0 Å². The van der Waals surface area contributed by atoms with Gasteiger partial charge >= 0.3 is 0 Å². The standard InChI is InChI=1S/C16H25N5/c1-4-15-18-12(3)14(19-15)10-21-7-5-6-13(9-21)16-11(2)8-17-20-16/h8,13H,4-7,9-10H2,1-3H3,(H,17,20)(H,18,19). The van der Waals surface area contributed by atoms with E-state index in [-0.39, 0.29) is 0 Å². The zero-order chi connectivity index (χ0) is 14.8. The number of aromatic nitrogens is 4. The van der Waals surface area contributed by atoms with Gasteiger partial charge in [-0.05, 0) is 38.8 Å². The third-order valence-electron chi connectivity index (χ3n) is 4.52. The molecule has 1 atom stereocenters. The molecule has 0 saturated carbocycles. The van der Waals surface area contributed by atoms with E-state index in [1.165, 1.54) is 35.5 Å². The summed E-state index contributed by atoms with van der Waals surface area (Å²) < 4.78 is 0. The van der Waals surface area contributed by atoms with Gasteiger partial charge in [0.05, 0.1) is 11.9 Å². The Morgan fingerprint density at radius 2 is 2.24 bits per heavy atom. The van der Waals surface area contributed by atoms with Gasteiger partial charge in [-0.15, -0.1) is 0 Å². The average molecular weight is 287 g/mol.